The maximum Gasteiger partial charge on any atom is 0.123 e. The van der Waals surface area contributed by atoms with Crippen LogP contribution in [0.1, 0.15) is 25.8 Å². The number of rotatable bonds is 6. The van der Waals surface area contributed by atoms with Gasteiger partial charge in [-0.1, -0.05) is 43.3 Å². The highest BCUT2D eigenvalue weighted by atomic mass is 19.1. The highest BCUT2D eigenvalue weighted by Gasteiger charge is 2.03. The minimum absolute atomic E-state index is 0.191. The Morgan fingerprint density at radius 2 is 1.80 bits per heavy atom. The van der Waals surface area contributed by atoms with Gasteiger partial charge in [0.25, 0.3) is 0 Å². The Hall–Kier alpha value is -1.67. The van der Waals surface area contributed by atoms with Gasteiger partial charge in [0.05, 0.1) is 0 Å². The molecule has 1 N–H and O–H groups in total. The first-order valence-electron chi connectivity index (χ1n) is 7.27. The second-order valence-electron chi connectivity index (χ2n) is 5.27. The molecule has 0 aliphatic heterocycles. The van der Waals surface area contributed by atoms with Crippen LogP contribution in [0, 0.1) is 5.82 Å². The van der Waals surface area contributed by atoms with Crippen molar-refractivity contribution in [1.29, 1.82) is 0 Å². The van der Waals surface area contributed by atoms with Crippen molar-refractivity contribution in [3.63, 3.8) is 0 Å². The van der Waals surface area contributed by atoms with E-state index in [0.29, 0.717) is 6.04 Å². The van der Waals surface area contributed by atoms with E-state index in [0.717, 1.165) is 30.5 Å². The van der Waals surface area contributed by atoms with Crippen LogP contribution < -0.4 is 5.32 Å². The zero-order valence-corrected chi connectivity index (χ0v) is 12.2. The molecule has 0 aliphatic rings. The molecule has 1 unspecified atom stereocenters. The molecule has 0 fully saturated rings. The van der Waals surface area contributed by atoms with Crippen LogP contribution in [0.3, 0.4) is 0 Å². The van der Waals surface area contributed by atoms with Gasteiger partial charge in [-0.2, -0.15) is 0 Å². The van der Waals surface area contributed by atoms with Crippen LogP contribution in [0.5, 0.6) is 0 Å². The van der Waals surface area contributed by atoms with Gasteiger partial charge in [-0.3, -0.25) is 0 Å². The van der Waals surface area contributed by atoms with Crippen LogP contribution in [0.25, 0.3) is 11.1 Å². The van der Waals surface area contributed by atoms with E-state index >= 15 is 0 Å². The first-order chi connectivity index (χ1) is 9.69. The molecule has 0 aromatic heterocycles. The average molecular weight is 271 g/mol. The van der Waals surface area contributed by atoms with Crippen LogP contribution in [-0.2, 0) is 6.42 Å². The third-order valence-corrected chi connectivity index (χ3v) is 3.40. The lowest BCUT2D eigenvalue weighted by Gasteiger charge is -2.13. The molecule has 0 aliphatic carbocycles. The number of hydrogen-bond donors (Lipinski definition) is 1. The van der Waals surface area contributed by atoms with Gasteiger partial charge in [0.15, 0.2) is 0 Å². The normalized spacial score (nSPS) is 12.3. The fraction of sp³-hybridized carbons (Fsp3) is 0.333. The number of nitrogens with one attached hydrogen (secondary N) is 1. The average Bonchev–Trinajstić information content (AvgIpc) is 2.46. The molecule has 0 radical (unpaired) electrons. The predicted octanol–water partition coefficient (Wildman–Crippen LogP) is 4.42. The van der Waals surface area contributed by atoms with Gasteiger partial charge in [-0.05, 0) is 55.1 Å². The molecule has 1 atom stereocenters. The Bertz CT molecular complexity index is 533. The van der Waals surface area contributed by atoms with E-state index in [1.54, 1.807) is 12.1 Å². The summed E-state index contributed by atoms with van der Waals surface area (Å²) in [6, 6.07) is 15.6. The molecular weight excluding hydrogens is 249 g/mol. The maximum absolute atomic E-state index is 13.2. The van der Waals surface area contributed by atoms with Gasteiger partial charge in [0, 0.05) is 6.04 Å². The van der Waals surface area contributed by atoms with Gasteiger partial charge >= 0.3 is 0 Å². The van der Waals surface area contributed by atoms with E-state index in [-0.39, 0.29) is 5.82 Å². The zero-order chi connectivity index (χ0) is 14.4. The smallest absolute Gasteiger partial charge is 0.123 e. The van der Waals surface area contributed by atoms with E-state index in [1.165, 1.54) is 11.6 Å². The van der Waals surface area contributed by atoms with E-state index in [1.807, 2.05) is 6.07 Å². The van der Waals surface area contributed by atoms with Gasteiger partial charge in [-0.15, -0.1) is 0 Å². The Kier molecular flexibility index (Phi) is 5.31. The molecule has 106 valence electrons. The molecule has 1 nitrogen and oxygen atoms in total. The van der Waals surface area contributed by atoms with Crippen molar-refractivity contribution in [2.24, 2.45) is 0 Å². The second-order valence-corrected chi connectivity index (χ2v) is 5.27. The lowest BCUT2D eigenvalue weighted by Crippen LogP contribution is -2.28. The molecule has 2 rings (SSSR count). The minimum atomic E-state index is -0.191. The van der Waals surface area contributed by atoms with Crippen LogP contribution in [0.4, 0.5) is 4.39 Å². The first kappa shape index (κ1) is 14.7. The molecule has 0 heterocycles. The van der Waals surface area contributed by atoms with Gasteiger partial charge in [0.2, 0.25) is 0 Å². The molecule has 2 aromatic rings. The maximum atomic E-state index is 13.2. The molecule has 0 saturated carbocycles. The lowest BCUT2D eigenvalue weighted by molar-refractivity contribution is 0.543. The fourth-order valence-electron chi connectivity index (χ4n) is 2.32. The Morgan fingerprint density at radius 3 is 2.45 bits per heavy atom. The topological polar surface area (TPSA) is 12.0 Å². The van der Waals surface area contributed by atoms with Crippen LogP contribution in [0.2, 0.25) is 0 Å². The Balaban J connectivity index is 2.03. The third kappa shape index (κ3) is 4.17. The quantitative estimate of drug-likeness (QED) is 0.820. The summed E-state index contributed by atoms with van der Waals surface area (Å²) < 4.78 is 13.2. The molecule has 2 aromatic carbocycles. The SMILES string of the molecule is CCCNC(C)Cc1ccc(-c2cccc(F)c2)cc1. The number of hydrogen-bond acceptors (Lipinski definition) is 1. The molecular formula is C18H22FN. The predicted molar refractivity (Wildman–Crippen MR) is 83.3 cm³/mol. The summed E-state index contributed by atoms with van der Waals surface area (Å²) >= 11 is 0. The molecule has 0 spiro atoms. The number of benzene rings is 2. The second kappa shape index (κ2) is 7.20. The summed E-state index contributed by atoms with van der Waals surface area (Å²) in [5, 5.41) is 3.48. The zero-order valence-electron chi connectivity index (χ0n) is 12.2. The summed E-state index contributed by atoms with van der Waals surface area (Å²) in [6.07, 6.45) is 2.17. The third-order valence-electron chi connectivity index (χ3n) is 3.40. The number of halogens is 1. The summed E-state index contributed by atoms with van der Waals surface area (Å²) in [5.41, 5.74) is 3.29. The first-order valence-corrected chi connectivity index (χ1v) is 7.27. The molecule has 20 heavy (non-hydrogen) atoms. The van der Waals surface area contributed by atoms with Crippen LogP contribution >= 0.6 is 0 Å². The van der Waals surface area contributed by atoms with E-state index in [4.69, 9.17) is 0 Å². The van der Waals surface area contributed by atoms with E-state index < -0.39 is 0 Å². The van der Waals surface area contributed by atoms with Crippen molar-refractivity contribution in [2.75, 3.05) is 6.54 Å². The standard InChI is InChI=1S/C18H22FN/c1-3-11-20-14(2)12-15-7-9-16(10-8-15)17-5-4-6-18(19)13-17/h4-10,13-14,20H,3,11-12H2,1-2H3. The van der Waals surface area contributed by atoms with Gasteiger partial charge in [-0.25, -0.2) is 4.39 Å². The highest BCUT2D eigenvalue weighted by Crippen LogP contribution is 2.20. The Morgan fingerprint density at radius 1 is 1.05 bits per heavy atom. The van der Waals surface area contributed by atoms with Crippen LogP contribution in [0.15, 0.2) is 48.5 Å². The summed E-state index contributed by atoms with van der Waals surface area (Å²) in [4.78, 5) is 0. The minimum Gasteiger partial charge on any atom is -0.314 e. The van der Waals surface area contributed by atoms with Crippen LogP contribution in [-0.4, -0.2) is 12.6 Å². The van der Waals surface area contributed by atoms with Crippen molar-refractivity contribution in [3.8, 4) is 11.1 Å². The highest BCUT2D eigenvalue weighted by molar-refractivity contribution is 5.63. The van der Waals surface area contributed by atoms with Crippen molar-refractivity contribution < 1.29 is 4.39 Å². The molecule has 2 heteroatoms. The molecule has 0 saturated heterocycles. The van der Waals surface area contributed by atoms with Crippen molar-refractivity contribution in [3.05, 3.63) is 59.9 Å². The summed E-state index contributed by atoms with van der Waals surface area (Å²) in [5.74, 6) is -0.191. The monoisotopic (exact) mass is 271 g/mol. The van der Waals surface area contributed by atoms with E-state index in [9.17, 15) is 4.39 Å². The lowest BCUT2D eigenvalue weighted by atomic mass is 10.0. The van der Waals surface area contributed by atoms with E-state index in [2.05, 4.69) is 43.4 Å². The summed E-state index contributed by atoms with van der Waals surface area (Å²) in [7, 11) is 0. The van der Waals surface area contributed by atoms with Crippen molar-refractivity contribution >= 4 is 0 Å². The summed E-state index contributed by atoms with van der Waals surface area (Å²) in [6.45, 7) is 5.44. The van der Waals surface area contributed by atoms with Gasteiger partial charge < -0.3 is 5.32 Å². The van der Waals surface area contributed by atoms with Crippen molar-refractivity contribution in [2.45, 2.75) is 32.7 Å². The van der Waals surface area contributed by atoms with Crippen molar-refractivity contribution in [1.82, 2.24) is 5.32 Å². The van der Waals surface area contributed by atoms with Gasteiger partial charge in [0.1, 0.15) is 5.82 Å². The largest absolute Gasteiger partial charge is 0.314 e. The molecule has 0 bridgehead atoms. The fourth-order valence-corrected chi connectivity index (χ4v) is 2.32. The molecule has 0 amide bonds. The Labute approximate surface area is 120 Å².